The molecule has 0 aliphatic carbocycles. The number of rotatable bonds is 4. The third-order valence-corrected chi connectivity index (χ3v) is 3.38. The lowest BCUT2D eigenvalue weighted by molar-refractivity contribution is 0.330. The van der Waals surface area contributed by atoms with Crippen LogP contribution in [0.25, 0.3) is 0 Å². The Hall–Kier alpha value is -3.42. The summed E-state index contributed by atoms with van der Waals surface area (Å²) in [6, 6.07) is 10.9. The van der Waals surface area contributed by atoms with Gasteiger partial charge in [-0.1, -0.05) is 0 Å². The first kappa shape index (κ1) is 17.4. The second-order valence-electron chi connectivity index (χ2n) is 5.26. The lowest BCUT2D eigenvalue weighted by Crippen LogP contribution is -2.04. The van der Waals surface area contributed by atoms with Crippen LogP contribution in [0.15, 0.2) is 48.5 Å². The predicted molar refractivity (Wildman–Crippen MR) is 88.1 cm³/mol. The third-order valence-electron chi connectivity index (χ3n) is 3.38. The number of halogens is 4. The summed E-state index contributed by atoms with van der Waals surface area (Å²) >= 11 is 0. The van der Waals surface area contributed by atoms with Gasteiger partial charge in [0.25, 0.3) is 0 Å². The summed E-state index contributed by atoms with van der Waals surface area (Å²) in [7, 11) is 0. The highest BCUT2D eigenvalue weighted by Crippen LogP contribution is 2.39. The Balaban J connectivity index is 2.03. The molecule has 0 aliphatic heterocycles. The molecule has 0 saturated carbocycles. The van der Waals surface area contributed by atoms with Crippen molar-refractivity contribution >= 4 is 11.4 Å². The zero-order valence-electron chi connectivity index (χ0n) is 13.1. The standard InChI is InChI=1S/C18H12F4N2O2/c19-13-14(20)17(25-11-5-1-9(23)2-6-11)16(22)18(15(13)21)26-12-7-3-10(24)4-8-12/h1-8H,23-24H2. The van der Waals surface area contributed by atoms with Gasteiger partial charge < -0.3 is 20.9 Å². The van der Waals surface area contributed by atoms with Crippen LogP contribution >= 0.6 is 0 Å². The number of nitrogens with two attached hydrogens (primary N) is 2. The molecule has 0 saturated heterocycles. The summed E-state index contributed by atoms with van der Waals surface area (Å²) < 4.78 is 66.4. The molecule has 4 nitrogen and oxygen atoms in total. The average molecular weight is 364 g/mol. The SMILES string of the molecule is Nc1ccc(Oc2c(F)c(F)c(F)c(Oc3ccc(N)cc3)c2F)cc1. The molecular weight excluding hydrogens is 352 g/mol. The van der Waals surface area contributed by atoms with Gasteiger partial charge in [-0.05, 0) is 48.5 Å². The molecule has 0 atom stereocenters. The van der Waals surface area contributed by atoms with E-state index in [4.69, 9.17) is 20.9 Å². The van der Waals surface area contributed by atoms with E-state index in [9.17, 15) is 17.6 Å². The second-order valence-corrected chi connectivity index (χ2v) is 5.26. The Morgan fingerprint density at radius 2 is 0.846 bits per heavy atom. The minimum absolute atomic E-state index is 0.0264. The molecule has 3 aromatic carbocycles. The highest BCUT2D eigenvalue weighted by atomic mass is 19.2. The molecule has 4 N–H and O–H groups in total. The van der Waals surface area contributed by atoms with Gasteiger partial charge in [-0.2, -0.15) is 13.2 Å². The smallest absolute Gasteiger partial charge is 0.214 e. The number of benzene rings is 3. The summed E-state index contributed by atoms with van der Waals surface area (Å²) in [6.45, 7) is 0. The van der Waals surface area contributed by atoms with Gasteiger partial charge in [0, 0.05) is 11.4 Å². The molecule has 0 radical (unpaired) electrons. The van der Waals surface area contributed by atoms with E-state index in [1.54, 1.807) is 0 Å². The molecule has 8 heteroatoms. The van der Waals surface area contributed by atoms with Gasteiger partial charge in [-0.15, -0.1) is 0 Å². The van der Waals surface area contributed by atoms with Crippen molar-refractivity contribution in [1.29, 1.82) is 0 Å². The van der Waals surface area contributed by atoms with Gasteiger partial charge in [0.15, 0.2) is 0 Å². The van der Waals surface area contributed by atoms with Crippen LogP contribution in [-0.4, -0.2) is 0 Å². The van der Waals surface area contributed by atoms with Crippen LogP contribution in [0.1, 0.15) is 0 Å². The number of hydrogen-bond acceptors (Lipinski definition) is 4. The number of hydrogen-bond donors (Lipinski definition) is 2. The number of ether oxygens (including phenoxy) is 2. The van der Waals surface area contributed by atoms with Gasteiger partial charge in [0.1, 0.15) is 11.5 Å². The molecule has 0 spiro atoms. The van der Waals surface area contributed by atoms with Gasteiger partial charge in [0.05, 0.1) is 0 Å². The highest BCUT2D eigenvalue weighted by Gasteiger charge is 2.29. The predicted octanol–water partition coefficient (Wildman–Crippen LogP) is 4.99. The first-order valence-corrected chi connectivity index (χ1v) is 7.29. The van der Waals surface area contributed by atoms with Gasteiger partial charge >= 0.3 is 0 Å². The van der Waals surface area contributed by atoms with E-state index in [1.165, 1.54) is 48.5 Å². The van der Waals surface area contributed by atoms with E-state index in [0.29, 0.717) is 11.4 Å². The molecule has 0 aliphatic rings. The highest BCUT2D eigenvalue weighted by molar-refractivity contribution is 5.47. The fraction of sp³-hybridized carbons (Fsp3) is 0. The lowest BCUT2D eigenvalue weighted by Gasteiger charge is -2.14. The quantitative estimate of drug-likeness (QED) is 0.296. The summed E-state index contributed by atoms with van der Waals surface area (Å²) in [5.41, 5.74) is 11.8. The molecule has 0 heterocycles. The maximum Gasteiger partial charge on any atom is 0.214 e. The molecule has 0 amide bonds. The molecule has 134 valence electrons. The van der Waals surface area contributed by atoms with Crippen LogP contribution in [0, 0.1) is 23.3 Å². The summed E-state index contributed by atoms with van der Waals surface area (Å²) in [5.74, 6) is -9.43. The van der Waals surface area contributed by atoms with Crippen molar-refractivity contribution in [3.8, 4) is 23.0 Å². The summed E-state index contributed by atoms with van der Waals surface area (Å²) in [5, 5.41) is 0. The molecule has 0 bridgehead atoms. The van der Waals surface area contributed by atoms with Crippen molar-refractivity contribution in [2.24, 2.45) is 0 Å². The van der Waals surface area contributed by atoms with Crippen molar-refractivity contribution in [2.45, 2.75) is 0 Å². The minimum atomic E-state index is -1.93. The molecule has 0 aromatic heterocycles. The Bertz CT molecular complexity index is 870. The zero-order chi connectivity index (χ0) is 18.8. The topological polar surface area (TPSA) is 70.5 Å². The lowest BCUT2D eigenvalue weighted by atomic mass is 10.2. The van der Waals surface area contributed by atoms with Crippen molar-refractivity contribution in [2.75, 3.05) is 11.5 Å². The van der Waals surface area contributed by atoms with E-state index >= 15 is 0 Å². The minimum Gasteiger partial charge on any atom is -0.451 e. The normalized spacial score (nSPS) is 10.6. The monoisotopic (exact) mass is 364 g/mol. The van der Waals surface area contributed by atoms with Gasteiger partial charge in [-0.25, -0.2) is 4.39 Å². The molecule has 0 fully saturated rings. The fourth-order valence-corrected chi connectivity index (χ4v) is 2.08. The molecule has 26 heavy (non-hydrogen) atoms. The van der Waals surface area contributed by atoms with E-state index < -0.39 is 34.8 Å². The van der Waals surface area contributed by atoms with Crippen molar-refractivity contribution in [1.82, 2.24) is 0 Å². The van der Waals surface area contributed by atoms with Crippen LogP contribution in [-0.2, 0) is 0 Å². The van der Waals surface area contributed by atoms with Crippen molar-refractivity contribution in [3.05, 3.63) is 71.8 Å². The van der Waals surface area contributed by atoms with Crippen LogP contribution in [0.5, 0.6) is 23.0 Å². The first-order valence-electron chi connectivity index (χ1n) is 7.29. The van der Waals surface area contributed by atoms with Crippen molar-refractivity contribution in [3.63, 3.8) is 0 Å². The van der Waals surface area contributed by atoms with E-state index in [-0.39, 0.29) is 11.5 Å². The zero-order valence-corrected chi connectivity index (χ0v) is 13.1. The average Bonchev–Trinajstić information content (AvgIpc) is 2.64. The Labute approximate surface area is 145 Å². The van der Waals surface area contributed by atoms with E-state index in [2.05, 4.69) is 0 Å². The Morgan fingerprint density at radius 1 is 0.500 bits per heavy atom. The van der Waals surface area contributed by atoms with Crippen LogP contribution in [0.3, 0.4) is 0 Å². The molecule has 3 aromatic rings. The van der Waals surface area contributed by atoms with Crippen LogP contribution in [0.4, 0.5) is 28.9 Å². The maximum absolute atomic E-state index is 14.6. The Morgan fingerprint density at radius 3 is 1.19 bits per heavy atom. The van der Waals surface area contributed by atoms with Gasteiger partial charge in [0.2, 0.25) is 34.8 Å². The maximum atomic E-state index is 14.6. The van der Waals surface area contributed by atoms with E-state index in [0.717, 1.165) is 0 Å². The number of anilines is 2. The van der Waals surface area contributed by atoms with E-state index in [1.807, 2.05) is 0 Å². The Kier molecular flexibility index (Phi) is 4.57. The fourth-order valence-electron chi connectivity index (χ4n) is 2.08. The molecule has 0 unspecified atom stereocenters. The second kappa shape index (κ2) is 6.83. The summed E-state index contributed by atoms with van der Waals surface area (Å²) in [4.78, 5) is 0. The van der Waals surface area contributed by atoms with Crippen LogP contribution < -0.4 is 20.9 Å². The van der Waals surface area contributed by atoms with Crippen molar-refractivity contribution < 1.29 is 27.0 Å². The number of nitrogen functional groups attached to an aromatic ring is 2. The molecular formula is C18H12F4N2O2. The third kappa shape index (κ3) is 3.34. The molecule has 3 rings (SSSR count). The largest absolute Gasteiger partial charge is 0.451 e. The van der Waals surface area contributed by atoms with Crippen LogP contribution in [0.2, 0.25) is 0 Å². The first-order chi connectivity index (χ1) is 12.4. The van der Waals surface area contributed by atoms with Gasteiger partial charge in [-0.3, -0.25) is 0 Å². The summed E-state index contributed by atoms with van der Waals surface area (Å²) in [6.07, 6.45) is 0.